The molecule has 0 aromatic heterocycles. The minimum atomic E-state index is 0.354. The van der Waals surface area contributed by atoms with Crippen LogP contribution in [-0.4, -0.2) is 19.3 Å². The van der Waals surface area contributed by atoms with Gasteiger partial charge in [-0.25, -0.2) is 0 Å². The maximum atomic E-state index is 5.36. The van der Waals surface area contributed by atoms with Gasteiger partial charge in [-0.15, -0.1) is 0 Å². The van der Waals surface area contributed by atoms with Crippen molar-refractivity contribution in [3.8, 4) is 0 Å². The maximum Gasteiger partial charge on any atom is 0.0664 e. The van der Waals surface area contributed by atoms with Gasteiger partial charge in [-0.3, -0.25) is 0 Å². The van der Waals surface area contributed by atoms with Crippen LogP contribution in [0.25, 0.3) is 0 Å². The number of anilines is 1. The highest BCUT2D eigenvalue weighted by Crippen LogP contribution is 2.14. The fraction of sp³-hybridized carbons (Fsp3) is 0.538. The van der Waals surface area contributed by atoms with Gasteiger partial charge >= 0.3 is 0 Å². The van der Waals surface area contributed by atoms with Crippen molar-refractivity contribution >= 4 is 5.69 Å². The predicted molar refractivity (Wildman–Crippen MR) is 65.5 cm³/mol. The molecule has 1 aromatic carbocycles. The quantitative estimate of drug-likeness (QED) is 0.801. The predicted octanol–water partition coefficient (Wildman–Crippen LogP) is 3.14. The Morgan fingerprint density at radius 3 is 2.60 bits per heavy atom. The van der Waals surface area contributed by atoms with Crippen LogP contribution in [0.3, 0.4) is 0 Å². The molecule has 2 heteroatoms. The zero-order valence-electron chi connectivity index (χ0n) is 10.1. The van der Waals surface area contributed by atoms with Crippen molar-refractivity contribution < 1.29 is 4.74 Å². The van der Waals surface area contributed by atoms with Crippen molar-refractivity contribution in [2.75, 3.05) is 18.5 Å². The van der Waals surface area contributed by atoms with Crippen LogP contribution in [0.5, 0.6) is 0 Å². The van der Waals surface area contributed by atoms with Gasteiger partial charge in [0, 0.05) is 18.3 Å². The SMILES string of the molecule is CCOCC(C)Nc1ccc(C)c(C)c1. The highest BCUT2D eigenvalue weighted by atomic mass is 16.5. The van der Waals surface area contributed by atoms with E-state index in [9.17, 15) is 0 Å². The van der Waals surface area contributed by atoms with E-state index in [1.54, 1.807) is 0 Å². The van der Waals surface area contributed by atoms with Crippen LogP contribution in [0.15, 0.2) is 18.2 Å². The highest BCUT2D eigenvalue weighted by molar-refractivity contribution is 5.48. The summed E-state index contributed by atoms with van der Waals surface area (Å²) < 4.78 is 5.36. The van der Waals surface area contributed by atoms with Crippen LogP contribution < -0.4 is 5.32 Å². The maximum absolute atomic E-state index is 5.36. The van der Waals surface area contributed by atoms with Crippen molar-refractivity contribution in [1.82, 2.24) is 0 Å². The number of rotatable bonds is 5. The molecule has 1 unspecified atom stereocenters. The third-order valence-electron chi connectivity index (χ3n) is 2.49. The van der Waals surface area contributed by atoms with Crippen LogP contribution in [0.2, 0.25) is 0 Å². The molecule has 0 amide bonds. The minimum Gasteiger partial charge on any atom is -0.380 e. The van der Waals surface area contributed by atoms with E-state index in [-0.39, 0.29) is 0 Å². The van der Waals surface area contributed by atoms with E-state index in [1.165, 1.54) is 16.8 Å². The normalized spacial score (nSPS) is 12.5. The smallest absolute Gasteiger partial charge is 0.0664 e. The molecular weight excluding hydrogens is 186 g/mol. The zero-order valence-corrected chi connectivity index (χ0v) is 10.1. The van der Waals surface area contributed by atoms with E-state index < -0.39 is 0 Å². The molecule has 0 bridgehead atoms. The molecule has 0 aliphatic rings. The van der Waals surface area contributed by atoms with Gasteiger partial charge < -0.3 is 10.1 Å². The summed E-state index contributed by atoms with van der Waals surface area (Å²) in [6.45, 7) is 9.94. The lowest BCUT2D eigenvalue weighted by atomic mass is 10.1. The number of ether oxygens (including phenoxy) is 1. The molecule has 0 spiro atoms. The molecule has 1 atom stereocenters. The third-order valence-corrected chi connectivity index (χ3v) is 2.49. The number of benzene rings is 1. The molecule has 84 valence electrons. The fourth-order valence-electron chi connectivity index (χ4n) is 1.45. The standard InChI is InChI=1S/C13H21NO/c1-5-15-9-12(4)14-13-7-6-10(2)11(3)8-13/h6-8,12,14H,5,9H2,1-4H3. The number of nitrogens with one attached hydrogen (secondary N) is 1. The Kier molecular flexibility index (Phi) is 4.63. The molecule has 1 N–H and O–H groups in total. The van der Waals surface area contributed by atoms with E-state index in [0.717, 1.165) is 13.2 Å². The molecule has 1 aromatic rings. The first-order chi connectivity index (χ1) is 7.13. The summed E-state index contributed by atoms with van der Waals surface area (Å²) in [4.78, 5) is 0. The van der Waals surface area contributed by atoms with Gasteiger partial charge in [-0.2, -0.15) is 0 Å². The summed E-state index contributed by atoms with van der Waals surface area (Å²) in [5.41, 5.74) is 3.83. The second-order valence-corrected chi connectivity index (χ2v) is 4.00. The van der Waals surface area contributed by atoms with Gasteiger partial charge in [0.1, 0.15) is 0 Å². The van der Waals surface area contributed by atoms with Crippen LogP contribution in [0.1, 0.15) is 25.0 Å². The second-order valence-electron chi connectivity index (χ2n) is 4.00. The molecule has 0 radical (unpaired) electrons. The van der Waals surface area contributed by atoms with Crippen molar-refractivity contribution in [2.24, 2.45) is 0 Å². The Bertz CT molecular complexity index is 309. The summed E-state index contributed by atoms with van der Waals surface area (Å²) in [6, 6.07) is 6.79. The molecule has 0 heterocycles. The summed E-state index contributed by atoms with van der Waals surface area (Å²) in [5.74, 6) is 0. The molecule has 1 rings (SSSR count). The van der Waals surface area contributed by atoms with Gasteiger partial charge in [0.25, 0.3) is 0 Å². The van der Waals surface area contributed by atoms with Gasteiger partial charge in [0.2, 0.25) is 0 Å². The number of aryl methyl sites for hydroxylation is 2. The Labute approximate surface area is 92.6 Å². The Morgan fingerprint density at radius 1 is 1.27 bits per heavy atom. The summed E-state index contributed by atoms with van der Waals surface area (Å²) >= 11 is 0. The number of hydrogen-bond acceptors (Lipinski definition) is 2. The Balaban J connectivity index is 2.53. The van der Waals surface area contributed by atoms with Crippen molar-refractivity contribution in [2.45, 2.75) is 33.7 Å². The van der Waals surface area contributed by atoms with E-state index in [2.05, 4.69) is 44.3 Å². The first-order valence-electron chi connectivity index (χ1n) is 5.55. The van der Waals surface area contributed by atoms with Crippen LogP contribution in [-0.2, 0) is 4.74 Å². The third kappa shape index (κ3) is 3.92. The Hall–Kier alpha value is -1.02. The van der Waals surface area contributed by atoms with Crippen LogP contribution in [0.4, 0.5) is 5.69 Å². The topological polar surface area (TPSA) is 21.3 Å². The monoisotopic (exact) mass is 207 g/mol. The fourth-order valence-corrected chi connectivity index (χ4v) is 1.45. The van der Waals surface area contributed by atoms with Gasteiger partial charge in [-0.1, -0.05) is 6.07 Å². The van der Waals surface area contributed by atoms with Gasteiger partial charge in [-0.05, 0) is 51.0 Å². The first kappa shape index (κ1) is 12.1. The van der Waals surface area contributed by atoms with Gasteiger partial charge in [0.05, 0.1) is 6.61 Å². The van der Waals surface area contributed by atoms with Gasteiger partial charge in [0.15, 0.2) is 0 Å². The average molecular weight is 207 g/mol. The summed E-state index contributed by atoms with van der Waals surface area (Å²) in [6.07, 6.45) is 0. The van der Waals surface area contributed by atoms with E-state index in [1.807, 2.05) is 6.92 Å². The van der Waals surface area contributed by atoms with Crippen molar-refractivity contribution in [3.63, 3.8) is 0 Å². The average Bonchev–Trinajstić information content (AvgIpc) is 2.20. The molecule has 0 fully saturated rings. The van der Waals surface area contributed by atoms with E-state index >= 15 is 0 Å². The lowest BCUT2D eigenvalue weighted by Crippen LogP contribution is -2.21. The molecular formula is C13H21NO. The highest BCUT2D eigenvalue weighted by Gasteiger charge is 2.02. The van der Waals surface area contributed by atoms with Crippen LogP contribution in [0, 0.1) is 13.8 Å². The number of hydrogen-bond donors (Lipinski definition) is 1. The van der Waals surface area contributed by atoms with E-state index in [0.29, 0.717) is 6.04 Å². The summed E-state index contributed by atoms with van der Waals surface area (Å²) in [5, 5.41) is 3.42. The second kappa shape index (κ2) is 5.76. The van der Waals surface area contributed by atoms with Crippen LogP contribution >= 0.6 is 0 Å². The molecule has 0 saturated heterocycles. The van der Waals surface area contributed by atoms with E-state index in [4.69, 9.17) is 4.74 Å². The molecule has 0 aliphatic heterocycles. The lowest BCUT2D eigenvalue weighted by Gasteiger charge is -2.15. The Morgan fingerprint density at radius 2 is 2.00 bits per heavy atom. The summed E-state index contributed by atoms with van der Waals surface area (Å²) in [7, 11) is 0. The minimum absolute atomic E-state index is 0.354. The largest absolute Gasteiger partial charge is 0.380 e. The van der Waals surface area contributed by atoms with Crippen molar-refractivity contribution in [3.05, 3.63) is 29.3 Å². The molecule has 2 nitrogen and oxygen atoms in total. The zero-order chi connectivity index (χ0) is 11.3. The first-order valence-corrected chi connectivity index (χ1v) is 5.55. The molecule has 15 heavy (non-hydrogen) atoms. The lowest BCUT2D eigenvalue weighted by molar-refractivity contribution is 0.141. The van der Waals surface area contributed by atoms with Crippen molar-refractivity contribution in [1.29, 1.82) is 0 Å². The molecule has 0 aliphatic carbocycles. The molecule has 0 saturated carbocycles.